The van der Waals surface area contributed by atoms with Crippen molar-refractivity contribution in [2.45, 2.75) is 6.42 Å². The largest absolute Gasteiger partial charge is 0.506 e. The molecule has 0 radical (unpaired) electrons. The van der Waals surface area contributed by atoms with E-state index in [1.165, 1.54) is 19.5 Å². The number of ether oxygens (including phenoxy) is 1. The molecule has 0 saturated heterocycles. The summed E-state index contributed by atoms with van der Waals surface area (Å²) in [4.78, 5) is 18.0. The molecule has 0 amide bonds. The fraction of sp³-hybridized carbons (Fsp3) is 0.200. The van der Waals surface area contributed by atoms with Crippen LogP contribution in [0.25, 0.3) is 11.0 Å². The van der Waals surface area contributed by atoms with E-state index < -0.39 is 0 Å². The zero-order valence-corrected chi connectivity index (χ0v) is 8.15. The van der Waals surface area contributed by atoms with Crippen molar-refractivity contribution < 1.29 is 14.6 Å². The number of hydrogen-bond donors (Lipinski definition) is 2. The number of nitrogens with zero attached hydrogens (tertiary/aromatic N) is 1. The van der Waals surface area contributed by atoms with E-state index in [1.54, 1.807) is 6.07 Å². The summed E-state index contributed by atoms with van der Waals surface area (Å²) in [5.74, 6) is -0.207. The van der Waals surface area contributed by atoms with Crippen molar-refractivity contribution in [2.24, 2.45) is 0 Å². The second kappa shape index (κ2) is 3.61. The maximum Gasteiger partial charge on any atom is 0.310 e. The van der Waals surface area contributed by atoms with Crippen LogP contribution in [-0.4, -0.2) is 28.2 Å². The maximum absolute atomic E-state index is 11.1. The Morgan fingerprint density at radius 3 is 3.13 bits per heavy atom. The molecule has 0 aliphatic heterocycles. The van der Waals surface area contributed by atoms with E-state index in [4.69, 9.17) is 0 Å². The second-order valence-electron chi connectivity index (χ2n) is 3.12. The highest BCUT2D eigenvalue weighted by Gasteiger charge is 2.11. The molecule has 0 spiro atoms. The highest BCUT2D eigenvalue weighted by Crippen LogP contribution is 2.24. The maximum atomic E-state index is 11.1. The third-order valence-corrected chi connectivity index (χ3v) is 2.20. The number of benzene rings is 1. The van der Waals surface area contributed by atoms with Gasteiger partial charge in [-0.3, -0.25) is 4.79 Å². The van der Waals surface area contributed by atoms with E-state index in [0.29, 0.717) is 11.0 Å². The Morgan fingerprint density at radius 2 is 2.40 bits per heavy atom. The molecular formula is C10H10N2O3. The van der Waals surface area contributed by atoms with Crippen LogP contribution in [-0.2, 0) is 16.0 Å². The van der Waals surface area contributed by atoms with Crippen molar-refractivity contribution in [2.75, 3.05) is 7.11 Å². The van der Waals surface area contributed by atoms with Crippen LogP contribution >= 0.6 is 0 Å². The number of phenolic OH excluding ortho intramolecular Hbond substituents is 1. The van der Waals surface area contributed by atoms with Gasteiger partial charge in [-0.25, -0.2) is 4.98 Å². The standard InChI is InChI=1S/C10H10N2O3/c1-15-8(14)4-6-2-3-7(13)10-9(6)11-5-12-10/h2-3,5,13H,4H2,1H3,(H,11,12). The molecule has 2 rings (SSSR count). The highest BCUT2D eigenvalue weighted by atomic mass is 16.5. The van der Waals surface area contributed by atoms with Crippen LogP contribution in [0.1, 0.15) is 5.56 Å². The van der Waals surface area contributed by atoms with Gasteiger partial charge in [0.2, 0.25) is 0 Å². The van der Waals surface area contributed by atoms with Gasteiger partial charge in [0.1, 0.15) is 11.3 Å². The summed E-state index contributed by atoms with van der Waals surface area (Å²) in [6, 6.07) is 3.19. The van der Waals surface area contributed by atoms with E-state index in [0.717, 1.165) is 5.56 Å². The topological polar surface area (TPSA) is 75.2 Å². The van der Waals surface area contributed by atoms with Crippen molar-refractivity contribution in [1.29, 1.82) is 0 Å². The van der Waals surface area contributed by atoms with Gasteiger partial charge < -0.3 is 14.8 Å². The van der Waals surface area contributed by atoms with Crippen LogP contribution in [0, 0.1) is 0 Å². The van der Waals surface area contributed by atoms with Gasteiger partial charge in [-0.15, -0.1) is 0 Å². The number of fused-ring (bicyclic) bond motifs is 1. The van der Waals surface area contributed by atoms with Crippen LogP contribution in [0.3, 0.4) is 0 Å². The number of aromatic nitrogens is 2. The summed E-state index contributed by atoms with van der Waals surface area (Å²) in [6.07, 6.45) is 1.63. The summed E-state index contributed by atoms with van der Waals surface area (Å²) in [6.45, 7) is 0. The van der Waals surface area contributed by atoms with Crippen molar-refractivity contribution >= 4 is 17.0 Å². The first-order chi connectivity index (χ1) is 7.22. The number of carbonyl (C=O) groups is 1. The molecule has 5 heteroatoms. The Hall–Kier alpha value is -2.04. The van der Waals surface area contributed by atoms with Crippen molar-refractivity contribution in [3.63, 3.8) is 0 Å². The lowest BCUT2D eigenvalue weighted by Gasteiger charge is -2.02. The van der Waals surface area contributed by atoms with Gasteiger partial charge in [0.15, 0.2) is 0 Å². The van der Waals surface area contributed by atoms with Crippen molar-refractivity contribution in [1.82, 2.24) is 9.97 Å². The lowest BCUT2D eigenvalue weighted by atomic mass is 10.1. The van der Waals surface area contributed by atoms with Gasteiger partial charge in [0.25, 0.3) is 0 Å². The second-order valence-corrected chi connectivity index (χ2v) is 3.12. The minimum atomic E-state index is -0.329. The van der Waals surface area contributed by atoms with Gasteiger partial charge in [0, 0.05) is 0 Å². The third kappa shape index (κ3) is 1.63. The minimum absolute atomic E-state index is 0.121. The number of methoxy groups -OCH3 is 1. The van der Waals surface area contributed by atoms with E-state index in [2.05, 4.69) is 14.7 Å². The number of rotatable bonds is 2. The van der Waals surface area contributed by atoms with Gasteiger partial charge in [0.05, 0.1) is 25.4 Å². The van der Waals surface area contributed by atoms with Crippen molar-refractivity contribution in [3.05, 3.63) is 24.0 Å². The smallest absolute Gasteiger partial charge is 0.310 e. The van der Waals surface area contributed by atoms with E-state index >= 15 is 0 Å². The zero-order chi connectivity index (χ0) is 10.8. The predicted molar refractivity (Wildman–Crippen MR) is 53.5 cm³/mol. The molecule has 0 aliphatic carbocycles. The molecule has 0 bridgehead atoms. The lowest BCUT2D eigenvalue weighted by Crippen LogP contribution is -2.04. The van der Waals surface area contributed by atoms with E-state index in [1.807, 2.05) is 0 Å². The van der Waals surface area contributed by atoms with Crippen LogP contribution < -0.4 is 0 Å². The van der Waals surface area contributed by atoms with Gasteiger partial charge in [-0.2, -0.15) is 0 Å². The average molecular weight is 206 g/mol. The van der Waals surface area contributed by atoms with E-state index in [9.17, 15) is 9.90 Å². The van der Waals surface area contributed by atoms with Crippen molar-refractivity contribution in [3.8, 4) is 5.75 Å². The number of aromatic hydroxyl groups is 1. The van der Waals surface area contributed by atoms with Crippen LogP contribution in [0.4, 0.5) is 0 Å². The summed E-state index contributed by atoms with van der Waals surface area (Å²) in [5.41, 5.74) is 1.87. The molecule has 5 nitrogen and oxygen atoms in total. The molecule has 2 N–H and O–H groups in total. The molecule has 78 valence electrons. The lowest BCUT2D eigenvalue weighted by molar-refractivity contribution is -0.139. The average Bonchev–Trinajstić information content (AvgIpc) is 2.71. The highest BCUT2D eigenvalue weighted by molar-refractivity contribution is 5.87. The zero-order valence-electron chi connectivity index (χ0n) is 8.15. The number of hydrogen-bond acceptors (Lipinski definition) is 4. The number of carbonyl (C=O) groups excluding carboxylic acids is 1. The van der Waals surface area contributed by atoms with Crippen LogP contribution in [0.5, 0.6) is 5.75 Å². The molecule has 0 fully saturated rings. The molecule has 0 aliphatic rings. The first-order valence-electron chi connectivity index (χ1n) is 4.43. The molecular weight excluding hydrogens is 196 g/mol. The molecule has 0 atom stereocenters. The number of esters is 1. The SMILES string of the molecule is COC(=O)Cc1ccc(O)c2[nH]cnc12. The Labute approximate surface area is 85.7 Å². The summed E-state index contributed by atoms with van der Waals surface area (Å²) in [7, 11) is 1.34. The molecule has 15 heavy (non-hydrogen) atoms. The quantitative estimate of drug-likeness (QED) is 0.718. The third-order valence-electron chi connectivity index (χ3n) is 2.20. The van der Waals surface area contributed by atoms with Gasteiger partial charge >= 0.3 is 5.97 Å². The Kier molecular flexibility index (Phi) is 2.29. The molecule has 1 aromatic carbocycles. The first-order valence-corrected chi connectivity index (χ1v) is 4.43. The predicted octanol–water partition coefficient (Wildman–Crippen LogP) is 0.984. The Balaban J connectivity index is 2.48. The van der Waals surface area contributed by atoms with Gasteiger partial charge in [-0.1, -0.05) is 6.07 Å². The Morgan fingerprint density at radius 1 is 1.60 bits per heavy atom. The monoisotopic (exact) mass is 206 g/mol. The summed E-state index contributed by atoms with van der Waals surface area (Å²) < 4.78 is 4.57. The fourth-order valence-corrected chi connectivity index (χ4v) is 1.45. The normalized spacial score (nSPS) is 10.5. The minimum Gasteiger partial charge on any atom is -0.506 e. The van der Waals surface area contributed by atoms with E-state index in [-0.39, 0.29) is 18.1 Å². The van der Waals surface area contributed by atoms with Crippen LogP contribution in [0.15, 0.2) is 18.5 Å². The molecule has 2 aromatic rings. The number of nitrogens with one attached hydrogen (secondary N) is 1. The molecule has 1 heterocycles. The first kappa shape index (κ1) is 9.51. The fourth-order valence-electron chi connectivity index (χ4n) is 1.45. The molecule has 0 unspecified atom stereocenters. The Bertz CT molecular complexity index is 504. The molecule has 0 saturated carbocycles. The number of phenols is 1. The van der Waals surface area contributed by atoms with Crippen LogP contribution in [0.2, 0.25) is 0 Å². The van der Waals surface area contributed by atoms with Gasteiger partial charge in [-0.05, 0) is 11.6 Å². The number of H-pyrrole nitrogens is 1. The molecule has 1 aromatic heterocycles. The summed E-state index contributed by atoms with van der Waals surface area (Å²) >= 11 is 0. The number of imidazole rings is 1. The summed E-state index contributed by atoms with van der Waals surface area (Å²) in [5, 5.41) is 9.49. The number of aromatic amines is 1.